The first-order valence-electron chi connectivity index (χ1n) is 9.42. The zero-order chi connectivity index (χ0) is 17.2. The molecule has 1 aliphatic heterocycles. The maximum Gasteiger partial charge on any atom is 0.272 e. The summed E-state index contributed by atoms with van der Waals surface area (Å²) in [5.74, 6) is -0.0299. The standard InChI is InChI=1S/C20H26N4O.ClH/c1-14-8-10-16(11-9-14)24-18-7-3-2-6-17(18)19(23-24)20(25)22-13-15-5-4-12-21-15;/h8-11,15,21H,2-7,12-13H2,1H3,(H,22,25);1H. The fourth-order valence-corrected chi connectivity index (χ4v) is 3.91. The normalized spacial score (nSPS) is 18.9. The summed E-state index contributed by atoms with van der Waals surface area (Å²) in [6.07, 6.45) is 6.57. The van der Waals surface area contributed by atoms with Crippen LogP contribution < -0.4 is 10.6 Å². The summed E-state index contributed by atoms with van der Waals surface area (Å²) >= 11 is 0. The highest BCUT2D eigenvalue weighted by Crippen LogP contribution is 2.27. The van der Waals surface area contributed by atoms with E-state index in [4.69, 9.17) is 5.10 Å². The number of aromatic nitrogens is 2. The van der Waals surface area contributed by atoms with Gasteiger partial charge in [0.15, 0.2) is 5.69 Å². The molecular formula is C20H27ClN4O. The van der Waals surface area contributed by atoms with Crippen molar-refractivity contribution in [3.8, 4) is 5.69 Å². The Morgan fingerprint density at radius 1 is 1.23 bits per heavy atom. The van der Waals surface area contributed by atoms with Gasteiger partial charge >= 0.3 is 0 Å². The van der Waals surface area contributed by atoms with Gasteiger partial charge in [0.1, 0.15) is 0 Å². The molecule has 5 nitrogen and oxygen atoms in total. The van der Waals surface area contributed by atoms with Gasteiger partial charge in [-0.15, -0.1) is 12.4 Å². The van der Waals surface area contributed by atoms with Gasteiger partial charge in [-0.05, 0) is 64.1 Å². The quantitative estimate of drug-likeness (QED) is 0.865. The van der Waals surface area contributed by atoms with E-state index in [2.05, 4.69) is 41.8 Å². The van der Waals surface area contributed by atoms with E-state index in [0.717, 1.165) is 49.9 Å². The van der Waals surface area contributed by atoms with E-state index in [9.17, 15) is 4.79 Å². The first-order chi connectivity index (χ1) is 12.2. The van der Waals surface area contributed by atoms with Gasteiger partial charge in [0.2, 0.25) is 0 Å². The molecule has 2 aromatic rings. The number of amides is 1. The fourth-order valence-electron chi connectivity index (χ4n) is 3.91. The van der Waals surface area contributed by atoms with Crippen LogP contribution in [0.3, 0.4) is 0 Å². The topological polar surface area (TPSA) is 59.0 Å². The molecule has 1 unspecified atom stereocenters. The Hall–Kier alpha value is -1.85. The summed E-state index contributed by atoms with van der Waals surface area (Å²) in [4.78, 5) is 12.8. The maximum absolute atomic E-state index is 12.8. The maximum atomic E-state index is 12.8. The van der Waals surface area contributed by atoms with E-state index in [1.54, 1.807) is 0 Å². The number of aryl methyl sites for hydroxylation is 1. The molecule has 4 rings (SSSR count). The van der Waals surface area contributed by atoms with Gasteiger partial charge in [-0.1, -0.05) is 17.7 Å². The number of nitrogens with zero attached hydrogens (tertiary/aromatic N) is 2. The van der Waals surface area contributed by atoms with Crippen LogP contribution in [0.4, 0.5) is 0 Å². The minimum absolute atomic E-state index is 0. The second kappa shape index (κ2) is 8.23. The average Bonchev–Trinajstić information content (AvgIpc) is 3.28. The van der Waals surface area contributed by atoms with Crippen molar-refractivity contribution in [2.75, 3.05) is 13.1 Å². The number of fused-ring (bicyclic) bond motifs is 1. The number of halogens is 1. The summed E-state index contributed by atoms with van der Waals surface area (Å²) < 4.78 is 1.98. The third-order valence-electron chi connectivity index (χ3n) is 5.35. The number of carbonyl (C=O) groups excluding carboxylic acids is 1. The lowest BCUT2D eigenvalue weighted by Crippen LogP contribution is -2.37. The SMILES string of the molecule is Cc1ccc(-n2nc(C(=O)NCC3CCCN3)c3c2CCCC3)cc1.Cl. The number of benzene rings is 1. The second-order valence-corrected chi connectivity index (χ2v) is 7.23. The minimum Gasteiger partial charge on any atom is -0.349 e. The number of nitrogens with one attached hydrogen (secondary N) is 2. The Bertz CT molecular complexity index is 763. The Kier molecular flexibility index (Phi) is 5.99. The highest BCUT2D eigenvalue weighted by molar-refractivity contribution is 5.94. The van der Waals surface area contributed by atoms with Crippen LogP contribution in [0.25, 0.3) is 5.69 Å². The van der Waals surface area contributed by atoms with Crippen LogP contribution in [0.1, 0.15) is 53.0 Å². The Labute approximate surface area is 161 Å². The highest BCUT2D eigenvalue weighted by Gasteiger charge is 2.26. The van der Waals surface area contributed by atoms with E-state index in [0.29, 0.717) is 18.3 Å². The molecule has 1 saturated heterocycles. The molecule has 1 fully saturated rings. The van der Waals surface area contributed by atoms with Crippen molar-refractivity contribution in [1.82, 2.24) is 20.4 Å². The van der Waals surface area contributed by atoms with Crippen LogP contribution in [0, 0.1) is 6.92 Å². The summed E-state index contributed by atoms with van der Waals surface area (Å²) in [6, 6.07) is 8.76. The lowest BCUT2D eigenvalue weighted by atomic mass is 9.95. The van der Waals surface area contributed by atoms with Crippen molar-refractivity contribution in [2.24, 2.45) is 0 Å². The van der Waals surface area contributed by atoms with E-state index < -0.39 is 0 Å². The summed E-state index contributed by atoms with van der Waals surface area (Å²) in [5, 5.41) is 11.2. The monoisotopic (exact) mass is 374 g/mol. The summed E-state index contributed by atoms with van der Waals surface area (Å²) in [7, 11) is 0. The van der Waals surface area contributed by atoms with Gasteiger partial charge in [0.25, 0.3) is 5.91 Å². The molecule has 1 aromatic heterocycles. The van der Waals surface area contributed by atoms with E-state index in [-0.39, 0.29) is 18.3 Å². The molecule has 0 radical (unpaired) electrons. The third-order valence-corrected chi connectivity index (χ3v) is 5.35. The number of rotatable bonds is 4. The zero-order valence-corrected chi connectivity index (χ0v) is 16.1. The van der Waals surface area contributed by atoms with Crippen LogP contribution >= 0.6 is 12.4 Å². The first-order valence-corrected chi connectivity index (χ1v) is 9.42. The Morgan fingerprint density at radius 3 is 2.73 bits per heavy atom. The van der Waals surface area contributed by atoms with Crippen molar-refractivity contribution in [3.63, 3.8) is 0 Å². The van der Waals surface area contributed by atoms with Crippen molar-refractivity contribution >= 4 is 18.3 Å². The Balaban J connectivity index is 0.00000196. The number of hydrogen-bond acceptors (Lipinski definition) is 3. The average molecular weight is 375 g/mol. The van der Waals surface area contributed by atoms with Gasteiger partial charge < -0.3 is 10.6 Å². The fraction of sp³-hybridized carbons (Fsp3) is 0.500. The molecule has 2 heterocycles. The predicted octanol–water partition coefficient (Wildman–Crippen LogP) is 2.96. The first kappa shape index (κ1) is 18.9. The number of hydrogen-bond donors (Lipinski definition) is 2. The van der Waals surface area contributed by atoms with E-state index in [1.165, 1.54) is 17.7 Å². The predicted molar refractivity (Wildman–Crippen MR) is 106 cm³/mol. The van der Waals surface area contributed by atoms with E-state index in [1.807, 2.05) is 4.68 Å². The lowest BCUT2D eigenvalue weighted by Gasteiger charge is -2.14. The molecule has 2 aliphatic rings. The van der Waals surface area contributed by atoms with Crippen LogP contribution in [0.5, 0.6) is 0 Å². The molecule has 1 aliphatic carbocycles. The highest BCUT2D eigenvalue weighted by atomic mass is 35.5. The van der Waals surface area contributed by atoms with Crippen molar-refractivity contribution in [1.29, 1.82) is 0 Å². The van der Waals surface area contributed by atoms with Gasteiger partial charge in [-0.3, -0.25) is 4.79 Å². The van der Waals surface area contributed by atoms with Crippen molar-refractivity contribution in [2.45, 2.75) is 51.5 Å². The van der Waals surface area contributed by atoms with Gasteiger partial charge in [0.05, 0.1) is 5.69 Å². The molecule has 26 heavy (non-hydrogen) atoms. The molecule has 1 aromatic carbocycles. The molecule has 6 heteroatoms. The van der Waals surface area contributed by atoms with E-state index >= 15 is 0 Å². The summed E-state index contributed by atoms with van der Waals surface area (Å²) in [6.45, 7) is 3.82. The van der Waals surface area contributed by atoms with Crippen LogP contribution in [0.2, 0.25) is 0 Å². The van der Waals surface area contributed by atoms with Crippen molar-refractivity contribution in [3.05, 3.63) is 46.8 Å². The Morgan fingerprint density at radius 2 is 2.00 bits per heavy atom. The second-order valence-electron chi connectivity index (χ2n) is 7.23. The molecule has 0 spiro atoms. The molecule has 1 amide bonds. The third kappa shape index (κ3) is 3.79. The van der Waals surface area contributed by atoms with Crippen LogP contribution in [-0.2, 0) is 12.8 Å². The summed E-state index contributed by atoms with van der Waals surface area (Å²) in [5.41, 5.74) is 5.24. The van der Waals surface area contributed by atoms with Gasteiger partial charge in [-0.25, -0.2) is 4.68 Å². The van der Waals surface area contributed by atoms with Gasteiger partial charge in [-0.2, -0.15) is 5.10 Å². The molecule has 1 atom stereocenters. The van der Waals surface area contributed by atoms with Crippen LogP contribution in [0.15, 0.2) is 24.3 Å². The molecule has 0 bridgehead atoms. The van der Waals surface area contributed by atoms with Crippen LogP contribution in [-0.4, -0.2) is 34.8 Å². The zero-order valence-electron chi connectivity index (χ0n) is 15.3. The number of carbonyl (C=O) groups is 1. The minimum atomic E-state index is -0.0299. The molecule has 140 valence electrons. The molecule has 2 N–H and O–H groups in total. The van der Waals surface area contributed by atoms with Crippen molar-refractivity contribution < 1.29 is 4.79 Å². The van der Waals surface area contributed by atoms with Gasteiger partial charge in [0, 0.05) is 23.8 Å². The molecular weight excluding hydrogens is 348 g/mol. The largest absolute Gasteiger partial charge is 0.349 e. The molecule has 0 saturated carbocycles. The smallest absolute Gasteiger partial charge is 0.272 e. The lowest BCUT2D eigenvalue weighted by molar-refractivity contribution is 0.0944.